The van der Waals surface area contributed by atoms with Gasteiger partial charge in [0.25, 0.3) is 5.91 Å². The largest absolute Gasteiger partial charge is 0.450 e. The third-order valence-corrected chi connectivity index (χ3v) is 7.54. The summed E-state index contributed by atoms with van der Waals surface area (Å²) in [6.07, 6.45) is 10.5. The summed E-state index contributed by atoms with van der Waals surface area (Å²) in [4.78, 5) is 37.4. The van der Waals surface area contributed by atoms with Gasteiger partial charge in [0.2, 0.25) is 0 Å². The molecule has 0 aromatic carbocycles. The van der Waals surface area contributed by atoms with E-state index in [0.717, 1.165) is 23.2 Å². The van der Waals surface area contributed by atoms with Gasteiger partial charge in [-0.15, -0.1) is 11.3 Å². The van der Waals surface area contributed by atoms with E-state index in [-0.39, 0.29) is 11.9 Å². The van der Waals surface area contributed by atoms with Crippen molar-refractivity contribution in [3.63, 3.8) is 0 Å². The third kappa shape index (κ3) is 5.39. The summed E-state index contributed by atoms with van der Waals surface area (Å²) in [6.45, 7) is 3.21. The van der Waals surface area contributed by atoms with Crippen molar-refractivity contribution in [3.05, 3.63) is 29.5 Å². The van der Waals surface area contributed by atoms with Crippen LogP contribution in [0.4, 0.5) is 10.6 Å². The molecule has 4 heterocycles. The van der Waals surface area contributed by atoms with E-state index in [2.05, 4.69) is 20.7 Å². The van der Waals surface area contributed by atoms with Crippen molar-refractivity contribution in [2.24, 2.45) is 0 Å². The molecule has 0 atom stereocenters. The zero-order valence-corrected chi connectivity index (χ0v) is 20.7. The number of rotatable bonds is 6. The summed E-state index contributed by atoms with van der Waals surface area (Å²) >= 11 is 1.57. The molecule has 1 saturated carbocycles. The maximum absolute atomic E-state index is 13.5. The van der Waals surface area contributed by atoms with Gasteiger partial charge in [-0.3, -0.25) is 4.79 Å². The number of piperidine rings is 1. The number of aromatic nitrogens is 4. The van der Waals surface area contributed by atoms with E-state index in [0.29, 0.717) is 55.9 Å². The number of carbonyl (C=O) groups is 2. The molecule has 3 aromatic heterocycles. The zero-order chi connectivity index (χ0) is 24.2. The quantitative estimate of drug-likeness (QED) is 0.530. The van der Waals surface area contributed by atoms with Gasteiger partial charge in [0.05, 0.1) is 18.4 Å². The van der Waals surface area contributed by atoms with Crippen molar-refractivity contribution in [1.82, 2.24) is 29.8 Å². The molecule has 2 amide bonds. The second kappa shape index (κ2) is 10.6. The van der Waals surface area contributed by atoms with E-state index in [1.807, 2.05) is 11.6 Å². The fraction of sp³-hybridized carbons (Fsp3) is 0.542. The number of amides is 2. The third-order valence-electron chi connectivity index (χ3n) is 6.65. The van der Waals surface area contributed by atoms with Crippen molar-refractivity contribution in [2.75, 3.05) is 25.0 Å². The highest BCUT2D eigenvalue weighted by Gasteiger charge is 2.27. The van der Waals surface area contributed by atoms with E-state index in [1.165, 1.54) is 19.3 Å². The van der Waals surface area contributed by atoms with Gasteiger partial charge in [-0.05, 0) is 32.6 Å². The molecule has 0 spiro atoms. The summed E-state index contributed by atoms with van der Waals surface area (Å²) in [7, 11) is 0. The minimum absolute atomic E-state index is 0.00196. The van der Waals surface area contributed by atoms with E-state index in [9.17, 15) is 9.59 Å². The Bertz CT molecular complexity index is 1180. The molecule has 3 aromatic rings. The molecule has 2 N–H and O–H groups in total. The first-order valence-corrected chi connectivity index (χ1v) is 13.3. The number of ether oxygens (including phenoxy) is 1. The lowest BCUT2D eigenvalue weighted by molar-refractivity contribution is 0.0696. The van der Waals surface area contributed by atoms with Crippen LogP contribution in [-0.4, -0.2) is 68.3 Å². The second-order valence-electron chi connectivity index (χ2n) is 9.08. The Morgan fingerprint density at radius 2 is 1.91 bits per heavy atom. The smallest absolute Gasteiger partial charge is 0.407 e. The highest BCUT2D eigenvalue weighted by Crippen LogP contribution is 2.28. The Morgan fingerprint density at radius 3 is 2.69 bits per heavy atom. The molecule has 186 valence electrons. The average molecular weight is 498 g/mol. The molecular formula is C24H31N7O3S. The fourth-order valence-corrected chi connectivity index (χ4v) is 5.61. The van der Waals surface area contributed by atoms with Gasteiger partial charge in [0, 0.05) is 42.8 Å². The number of nitrogens with one attached hydrogen (secondary N) is 2. The Labute approximate surface area is 208 Å². The van der Waals surface area contributed by atoms with Gasteiger partial charge in [0.15, 0.2) is 5.82 Å². The molecular weight excluding hydrogens is 466 g/mol. The van der Waals surface area contributed by atoms with Gasteiger partial charge >= 0.3 is 6.09 Å². The zero-order valence-electron chi connectivity index (χ0n) is 19.9. The lowest BCUT2D eigenvalue weighted by atomic mass is 9.95. The van der Waals surface area contributed by atoms with Crippen LogP contribution in [0.1, 0.15) is 62.4 Å². The van der Waals surface area contributed by atoms with Gasteiger partial charge in [-0.25, -0.2) is 19.3 Å². The lowest BCUT2D eigenvalue weighted by Crippen LogP contribution is -2.46. The number of anilines is 1. The topological polar surface area (TPSA) is 114 Å². The van der Waals surface area contributed by atoms with Crippen molar-refractivity contribution >= 4 is 34.0 Å². The summed E-state index contributed by atoms with van der Waals surface area (Å²) in [5.74, 6) is 1.06. The summed E-state index contributed by atoms with van der Waals surface area (Å²) in [5.41, 5.74) is 1.19. The van der Waals surface area contributed by atoms with Crippen LogP contribution in [0.2, 0.25) is 0 Å². The van der Waals surface area contributed by atoms with Crippen molar-refractivity contribution in [1.29, 1.82) is 0 Å². The molecule has 2 fully saturated rings. The number of hydrogen-bond acceptors (Lipinski definition) is 8. The van der Waals surface area contributed by atoms with Crippen LogP contribution in [0.5, 0.6) is 0 Å². The molecule has 0 unspecified atom stereocenters. The normalized spacial score (nSPS) is 17.5. The minimum atomic E-state index is -0.405. The van der Waals surface area contributed by atoms with Gasteiger partial charge in [-0.2, -0.15) is 5.10 Å². The SMILES string of the molecule is CCOC(=O)NC1CCN(C(=O)c2cc(NC3CCCCC3)nc(-c3cnn4ccsc34)n2)CC1. The van der Waals surface area contributed by atoms with Crippen LogP contribution < -0.4 is 10.6 Å². The summed E-state index contributed by atoms with van der Waals surface area (Å²) < 4.78 is 6.78. The maximum atomic E-state index is 13.5. The molecule has 0 bridgehead atoms. The van der Waals surface area contributed by atoms with Crippen molar-refractivity contribution in [3.8, 4) is 11.4 Å². The number of alkyl carbamates (subject to hydrolysis) is 1. The van der Waals surface area contributed by atoms with Crippen LogP contribution in [-0.2, 0) is 4.74 Å². The first kappa shape index (κ1) is 23.5. The Balaban J connectivity index is 1.36. The van der Waals surface area contributed by atoms with E-state index in [1.54, 1.807) is 39.9 Å². The predicted molar refractivity (Wildman–Crippen MR) is 134 cm³/mol. The van der Waals surface area contributed by atoms with E-state index < -0.39 is 6.09 Å². The monoisotopic (exact) mass is 497 g/mol. The molecule has 1 aliphatic carbocycles. The second-order valence-corrected chi connectivity index (χ2v) is 9.98. The molecule has 11 heteroatoms. The molecule has 2 aliphatic rings. The summed E-state index contributed by atoms with van der Waals surface area (Å²) in [6, 6.07) is 2.13. The molecule has 35 heavy (non-hydrogen) atoms. The van der Waals surface area contributed by atoms with Gasteiger partial charge < -0.3 is 20.3 Å². The first-order chi connectivity index (χ1) is 17.1. The van der Waals surface area contributed by atoms with Crippen molar-refractivity contribution < 1.29 is 14.3 Å². The minimum Gasteiger partial charge on any atom is -0.450 e. The number of fused-ring (bicyclic) bond motifs is 1. The maximum Gasteiger partial charge on any atom is 0.407 e. The molecule has 1 aliphatic heterocycles. The van der Waals surface area contributed by atoms with Crippen LogP contribution in [0.15, 0.2) is 23.8 Å². The van der Waals surface area contributed by atoms with E-state index >= 15 is 0 Å². The van der Waals surface area contributed by atoms with Crippen molar-refractivity contribution in [2.45, 2.75) is 64.0 Å². The lowest BCUT2D eigenvalue weighted by Gasteiger charge is -2.32. The first-order valence-electron chi connectivity index (χ1n) is 12.4. The molecule has 1 saturated heterocycles. The molecule has 5 rings (SSSR count). The Morgan fingerprint density at radius 1 is 1.11 bits per heavy atom. The number of hydrogen-bond donors (Lipinski definition) is 2. The van der Waals surface area contributed by atoms with Crippen LogP contribution in [0.25, 0.3) is 16.2 Å². The predicted octanol–water partition coefficient (Wildman–Crippen LogP) is 3.95. The number of thiazole rings is 1. The van der Waals surface area contributed by atoms with Crippen LogP contribution in [0.3, 0.4) is 0 Å². The van der Waals surface area contributed by atoms with Crippen LogP contribution in [0, 0.1) is 0 Å². The number of nitrogens with zero attached hydrogens (tertiary/aromatic N) is 5. The molecule has 0 radical (unpaired) electrons. The average Bonchev–Trinajstić information content (AvgIpc) is 3.49. The van der Waals surface area contributed by atoms with Crippen LogP contribution >= 0.6 is 11.3 Å². The number of carbonyl (C=O) groups excluding carboxylic acids is 2. The Hall–Kier alpha value is -3.21. The van der Waals surface area contributed by atoms with E-state index in [4.69, 9.17) is 9.72 Å². The Kier molecular flexibility index (Phi) is 7.12. The highest BCUT2D eigenvalue weighted by atomic mass is 32.1. The van der Waals surface area contributed by atoms with Gasteiger partial charge in [0.1, 0.15) is 16.3 Å². The highest BCUT2D eigenvalue weighted by molar-refractivity contribution is 7.16. The van der Waals surface area contributed by atoms with Gasteiger partial charge in [-0.1, -0.05) is 19.3 Å². The fourth-order valence-electron chi connectivity index (χ4n) is 4.82. The standard InChI is InChI=1S/C24H31N7O3S/c1-2-34-24(33)27-17-8-10-30(11-9-17)22(32)19-14-20(26-16-6-4-3-5-7-16)29-21(28-19)18-15-25-31-12-13-35-23(18)31/h12-17H,2-11H2,1H3,(H,27,33)(H,26,28,29). The molecule has 10 nitrogen and oxygen atoms in total. The number of likely N-dealkylation sites (tertiary alicyclic amines) is 1. The summed E-state index contributed by atoms with van der Waals surface area (Å²) in [5, 5.41) is 12.8.